The van der Waals surface area contributed by atoms with E-state index >= 15 is 0 Å². The molecule has 0 aromatic heterocycles. The van der Waals surface area contributed by atoms with Gasteiger partial charge in [0.2, 0.25) is 0 Å². The van der Waals surface area contributed by atoms with Crippen molar-refractivity contribution in [2.75, 3.05) is 0 Å². The minimum Gasteiger partial charge on any atom is -0.246 e. The van der Waals surface area contributed by atoms with Gasteiger partial charge in [0, 0.05) is 34.1 Å². The van der Waals surface area contributed by atoms with Gasteiger partial charge < -0.3 is 0 Å². The molecule has 0 saturated heterocycles. The van der Waals surface area contributed by atoms with Crippen LogP contribution in [0.25, 0.3) is 0 Å². The molecule has 1 unspecified atom stereocenters. The molecule has 0 radical (unpaired) electrons. The highest BCUT2D eigenvalue weighted by molar-refractivity contribution is 8.08. The van der Waals surface area contributed by atoms with Gasteiger partial charge in [0.1, 0.15) is 0 Å². The van der Waals surface area contributed by atoms with E-state index in [2.05, 4.69) is 34.6 Å². The fraction of sp³-hybridized carbons (Fsp3) is 1.00. The van der Waals surface area contributed by atoms with Gasteiger partial charge in [-0.15, -0.1) is 0 Å². The molecule has 0 aliphatic carbocycles. The molecule has 68 valence electrons. The Kier molecular flexibility index (Phi) is 5.65. The summed E-state index contributed by atoms with van der Waals surface area (Å²) in [6.07, 6.45) is 1.16. The van der Waals surface area contributed by atoms with Crippen LogP contribution in [-0.2, 0) is 3.63 Å². The van der Waals surface area contributed by atoms with Crippen molar-refractivity contribution in [3.8, 4) is 0 Å². The molecule has 0 aromatic carbocycles. The molecule has 1 nitrogen and oxygen atoms in total. The van der Waals surface area contributed by atoms with Gasteiger partial charge in [0.15, 0.2) is 0 Å². The smallest absolute Gasteiger partial charge is 0.0351 e. The van der Waals surface area contributed by atoms with Crippen LogP contribution in [0.1, 0.15) is 41.0 Å². The van der Waals surface area contributed by atoms with Crippen LogP contribution in [0.3, 0.4) is 0 Å². The average molecular weight is 194 g/mol. The zero-order chi connectivity index (χ0) is 8.91. The van der Waals surface area contributed by atoms with E-state index in [4.69, 9.17) is 3.63 Å². The Morgan fingerprint density at radius 3 is 2.27 bits per heavy atom. The van der Waals surface area contributed by atoms with Gasteiger partial charge in [0.05, 0.1) is 0 Å². The van der Waals surface area contributed by atoms with Gasteiger partial charge in [-0.25, -0.2) is 3.63 Å². The second-order valence-electron chi connectivity index (χ2n) is 3.58. The van der Waals surface area contributed by atoms with Crippen molar-refractivity contribution in [2.24, 2.45) is 0 Å². The van der Waals surface area contributed by atoms with Gasteiger partial charge in [0.25, 0.3) is 0 Å². The molecule has 0 saturated carbocycles. The minimum absolute atomic E-state index is 0.209. The van der Waals surface area contributed by atoms with E-state index in [-0.39, 0.29) is 4.75 Å². The first-order valence-corrected chi connectivity index (χ1v) is 5.51. The van der Waals surface area contributed by atoms with E-state index in [0.717, 1.165) is 6.42 Å². The number of rotatable bonds is 4. The molecule has 1 atom stereocenters. The zero-order valence-electron chi connectivity index (χ0n) is 8.01. The van der Waals surface area contributed by atoms with Gasteiger partial charge in [-0.1, -0.05) is 13.8 Å². The predicted octanol–water partition coefficient (Wildman–Crippen LogP) is 3.90. The standard InChI is InChI=1S/C8H18OS2/c1-6-7(2)10-9-11-8(3,4)5/h7H,6H2,1-5H3. The van der Waals surface area contributed by atoms with Crippen molar-refractivity contribution in [2.45, 2.75) is 51.0 Å². The van der Waals surface area contributed by atoms with Crippen LogP contribution >= 0.6 is 24.1 Å². The maximum atomic E-state index is 5.38. The molecule has 0 spiro atoms. The SMILES string of the molecule is CCC(C)SOSC(C)(C)C. The van der Waals surface area contributed by atoms with Gasteiger partial charge in [-0.2, -0.15) is 0 Å². The van der Waals surface area contributed by atoms with Crippen molar-refractivity contribution < 1.29 is 3.63 Å². The molecule has 0 heterocycles. The highest BCUT2D eigenvalue weighted by atomic mass is 32.2. The Balaban J connectivity index is 3.28. The molecule has 0 fully saturated rings. The van der Waals surface area contributed by atoms with Crippen molar-refractivity contribution in [1.82, 2.24) is 0 Å². The summed E-state index contributed by atoms with van der Waals surface area (Å²) in [6.45, 7) is 10.8. The topological polar surface area (TPSA) is 9.23 Å². The lowest BCUT2D eigenvalue weighted by Crippen LogP contribution is -2.07. The molecule has 0 rings (SSSR count). The fourth-order valence-electron chi connectivity index (χ4n) is 0.257. The lowest BCUT2D eigenvalue weighted by Gasteiger charge is -2.16. The van der Waals surface area contributed by atoms with Crippen LogP contribution in [0.5, 0.6) is 0 Å². The summed E-state index contributed by atoms with van der Waals surface area (Å²) in [5.41, 5.74) is 0. The largest absolute Gasteiger partial charge is 0.246 e. The number of hydrogen-bond donors (Lipinski definition) is 0. The molecule has 0 aromatic rings. The maximum absolute atomic E-state index is 5.38. The summed E-state index contributed by atoms with van der Waals surface area (Å²) in [5.74, 6) is 0. The van der Waals surface area contributed by atoms with Crippen molar-refractivity contribution >= 4 is 24.1 Å². The molecular formula is C8H18OS2. The first-order valence-electron chi connectivity index (χ1n) is 3.97. The van der Waals surface area contributed by atoms with E-state index in [1.165, 1.54) is 0 Å². The van der Waals surface area contributed by atoms with Crippen LogP contribution in [0, 0.1) is 0 Å². The Morgan fingerprint density at radius 2 is 1.91 bits per heavy atom. The van der Waals surface area contributed by atoms with Crippen LogP contribution in [0.15, 0.2) is 0 Å². The Bertz CT molecular complexity index is 98.8. The first kappa shape index (κ1) is 11.7. The van der Waals surface area contributed by atoms with Gasteiger partial charge >= 0.3 is 0 Å². The maximum Gasteiger partial charge on any atom is 0.0351 e. The highest BCUT2D eigenvalue weighted by Crippen LogP contribution is 2.31. The van der Waals surface area contributed by atoms with Crippen molar-refractivity contribution in [1.29, 1.82) is 0 Å². The third kappa shape index (κ3) is 8.57. The Labute approximate surface area is 79.1 Å². The third-order valence-electron chi connectivity index (χ3n) is 1.06. The van der Waals surface area contributed by atoms with E-state index in [9.17, 15) is 0 Å². The average Bonchev–Trinajstić information content (AvgIpc) is 1.85. The van der Waals surface area contributed by atoms with Crippen LogP contribution < -0.4 is 0 Å². The summed E-state index contributed by atoms with van der Waals surface area (Å²) in [7, 11) is 0. The first-order chi connectivity index (χ1) is 4.95. The summed E-state index contributed by atoms with van der Waals surface area (Å²) >= 11 is 3.11. The van der Waals surface area contributed by atoms with E-state index < -0.39 is 0 Å². The van der Waals surface area contributed by atoms with E-state index in [1.807, 2.05) is 0 Å². The molecule has 11 heavy (non-hydrogen) atoms. The Hall–Kier alpha value is 0.660. The molecule has 3 heteroatoms. The van der Waals surface area contributed by atoms with Crippen molar-refractivity contribution in [3.63, 3.8) is 0 Å². The summed E-state index contributed by atoms with van der Waals surface area (Å²) in [6, 6.07) is 0. The minimum atomic E-state index is 0.209. The fourth-order valence-corrected chi connectivity index (χ4v) is 1.90. The predicted molar refractivity (Wildman–Crippen MR) is 55.8 cm³/mol. The molecule has 0 aliphatic rings. The number of hydrogen-bond acceptors (Lipinski definition) is 3. The summed E-state index contributed by atoms with van der Waals surface area (Å²) in [4.78, 5) is 0. The van der Waals surface area contributed by atoms with E-state index in [0.29, 0.717) is 5.25 Å². The quantitative estimate of drug-likeness (QED) is 0.628. The zero-order valence-corrected chi connectivity index (χ0v) is 9.64. The normalized spacial score (nSPS) is 15.0. The molecule has 0 aliphatic heterocycles. The Morgan fingerprint density at radius 1 is 1.36 bits per heavy atom. The lowest BCUT2D eigenvalue weighted by atomic mass is 10.3. The van der Waals surface area contributed by atoms with Gasteiger partial charge in [-0.3, -0.25) is 0 Å². The summed E-state index contributed by atoms with van der Waals surface area (Å²) in [5, 5.41) is 0.602. The summed E-state index contributed by atoms with van der Waals surface area (Å²) < 4.78 is 5.59. The highest BCUT2D eigenvalue weighted by Gasteiger charge is 2.12. The molecule has 0 bridgehead atoms. The van der Waals surface area contributed by atoms with E-state index in [1.54, 1.807) is 24.1 Å². The van der Waals surface area contributed by atoms with Crippen molar-refractivity contribution in [3.05, 3.63) is 0 Å². The molecule has 0 amide bonds. The second-order valence-corrected chi connectivity index (χ2v) is 6.51. The second kappa shape index (κ2) is 5.33. The van der Waals surface area contributed by atoms with Crippen LogP contribution in [0.2, 0.25) is 0 Å². The lowest BCUT2D eigenvalue weighted by molar-refractivity contribution is 0.680. The molecular weight excluding hydrogens is 176 g/mol. The molecule has 0 N–H and O–H groups in total. The monoisotopic (exact) mass is 194 g/mol. The van der Waals surface area contributed by atoms with Gasteiger partial charge in [-0.05, 0) is 27.2 Å². The van der Waals surface area contributed by atoms with Crippen LogP contribution in [0.4, 0.5) is 0 Å². The van der Waals surface area contributed by atoms with Crippen LogP contribution in [-0.4, -0.2) is 10.00 Å². The third-order valence-corrected chi connectivity index (χ3v) is 2.81.